The minimum Gasteiger partial charge on any atom is -0.465 e. The van der Waals surface area contributed by atoms with Gasteiger partial charge in [-0.2, -0.15) is 0 Å². The zero-order valence-electron chi connectivity index (χ0n) is 14.5. The molecule has 0 aliphatic carbocycles. The van der Waals surface area contributed by atoms with Crippen LogP contribution in [0.25, 0.3) is 22.6 Å². The van der Waals surface area contributed by atoms with Crippen LogP contribution in [0.2, 0.25) is 0 Å². The highest BCUT2D eigenvalue weighted by Gasteiger charge is 2.29. The van der Waals surface area contributed by atoms with Crippen LogP contribution in [0.5, 0.6) is 0 Å². The maximum Gasteiger partial charge on any atom is 0.340 e. The summed E-state index contributed by atoms with van der Waals surface area (Å²) in [5, 5.41) is 3.88. The summed E-state index contributed by atoms with van der Waals surface area (Å²) >= 11 is 0. The normalized spacial score (nSPS) is 10.4. The highest BCUT2D eigenvalue weighted by Crippen LogP contribution is 2.36. The average Bonchev–Trinajstić information content (AvgIpc) is 3.12. The summed E-state index contributed by atoms with van der Waals surface area (Å²) < 4.78 is 15.0. The summed E-state index contributed by atoms with van der Waals surface area (Å²) in [5.41, 5.74) is 2.17. The van der Waals surface area contributed by atoms with Crippen molar-refractivity contribution in [1.82, 2.24) is 10.1 Å². The maximum absolute atomic E-state index is 12.5. The second-order valence-corrected chi connectivity index (χ2v) is 5.45. The first-order chi connectivity index (χ1) is 12.6. The van der Waals surface area contributed by atoms with Crippen LogP contribution in [-0.2, 0) is 9.47 Å². The third kappa shape index (κ3) is 3.06. The van der Waals surface area contributed by atoms with Gasteiger partial charge in [0.05, 0.1) is 42.3 Å². The van der Waals surface area contributed by atoms with Crippen LogP contribution in [0.3, 0.4) is 0 Å². The van der Waals surface area contributed by atoms with Gasteiger partial charge in [-0.05, 0) is 6.92 Å². The van der Waals surface area contributed by atoms with Gasteiger partial charge in [-0.25, -0.2) is 9.59 Å². The Hall–Kier alpha value is -3.48. The van der Waals surface area contributed by atoms with E-state index in [9.17, 15) is 9.59 Å². The molecule has 0 aliphatic rings. The summed E-state index contributed by atoms with van der Waals surface area (Å²) in [7, 11) is 2.47. The number of rotatable bonds is 4. The van der Waals surface area contributed by atoms with Crippen LogP contribution >= 0.6 is 0 Å². The highest BCUT2D eigenvalue weighted by molar-refractivity contribution is 6.09. The van der Waals surface area contributed by atoms with Crippen molar-refractivity contribution < 1.29 is 23.6 Å². The van der Waals surface area contributed by atoms with Crippen LogP contribution in [-0.4, -0.2) is 36.3 Å². The molecule has 0 saturated heterocycles. The molecule has 0 fully saturated rings. The van der Waals surface area contributed by atoms with E-state index in [4.69, 9.17) is 14.0 Å². The molecule has 2 aromatic heterocycles. The Morgan fingerprint density at radius 1 is 1.04 bits per heavy atom. The first-order valence-corrected chi connectivity index (χ1v) is 7.75. The second kappa shape index (κ2) is 7.18. The highest BCUT2D eigenvalue weighted by atomic mass is 16.5. The van der Waals surface area contributed by atoms with Crippen molar-refractivity contribution in [2.75, 3.05) is 14.2 Å². The summed E-state index contributed by atoms with van der Waals surface area (Å²) in [6, 6.07) is 10.9. The van der Waals surface area contributed by atoms with Crippen molar-refractivity contribution in [2.45, 2.75) is 6.92 Å². The third-order valence-corrected chi connectivity index (χ3v) is 3.80. The molecule has 0 N–H and O–H groups in total. The second-order valence-electron chi connectivity index (χ2n) is 5.45. The molecular formula is C19H16N2O5. The zero-order valence-corrected chi connectivity index (χ0v) is 14.5. The van der Waals surface area contributed by atoms with Gasteiger partial charge >= 0.3 is 11.9 Å². The van der Waals surface area contributed by atoms with Crippen molar-refractivity contribution in [3.8, 4) is 22.6 Å². The topological polar surface area (TPSA) is 91.5 Å². The smallest absolute Gasteiger partial charge is 0.340 e. The lowest BCUT2D eigenvalue weighted by molar-refractivity contribution is 0.0555. The molecule has 3 aromatic rings. The molecule has 0 amide bonds. The molecule has 26 heavy (non-hydrogen) atoms. The van der Waals surface area contributed by atoms with Crippen molar-refractivity contribution >= 4 is 11.9 Å². The SMILES string of the molecule is COC(=O)c1cnc(-c2ccccc2)c(-c2cc(C)no2)c1C(=O)OC. The number of esters is 2. The molecule has 0 unspecified atom stereocenters. The van der Waals surface area contributed by atoms with E-state index in [1.54, 1.807) is 13.0 Å². The van der Waals surface area contributed by atoms with Gasteiger partial charge in [0.15, 0.2) is 5.76 Å². The number of benzene rings is 1. The lowest BCUT2D eigenvalue weighted by Gasteiger charge is -2.14. The van der Waals surface area contributed by atoms with E-state index < -0.39 is 11.9 Å². The Morgan fingerprint density at radius 3 is 2.31 bits per heavy atom. The molecule has 0 radical (unpaired) electrons. The summed E-state index contributed by atoms with van der Waals surface area (Å²) in [5.74, 6) is -1.09. The Balaban J connectivity index is 2.40. The molecule has 0 aliphatic heterocycles. The van der Waals surface area contributed by atoms with E-state index in [0.29, 0.717) is 22.7 Å². The van der Waals surface area contributed by atoms with E-state index in [1.165, 1.54) is 20.4 Å². The van der Waals surface area contributed by atoms with Crippen molar-refractivity contribution in [3.05, 3.63) is 59.4 Å². The van der Waals surface area contributed by atoms with Gasteiger partial charge in [0, 0.05) is 17.8 Å². The fourth-order valence-electron chi connectivity index (χ4n) is 2.63. The summed E-state index contributed by atoms with van der Waals surface area (Å²) in [4.78, 5) is 29.1. The molecule has 7 heteroatoms. The van der Waals surface area contributed by atoms with Crippen molar-refractivity contribution in [1.29, 1.82) is 0 Å². The molecular weight excluding hydrogens is 336 g/mol. The van der Waals surface area contributed by atoms with Crippen LogP contribution in [0.1, 0.15) is 26.4 Å². The van der Waals surface area contributed by atoms with E-state index >= 15 is 0 Å². The largest absolute Gasteiger partial charge is 0.465 e. The predicted octanol–water partition coefficient (Wildman–Crippen LogP) is 3.29. The van der Waals surface area contributed by atoms with Crippen LogP contribution in [0, 0.1) is 6.92 Å². The van der Waals surface area contributed by atoms with E-state index in [0.717, 1.165) is 5.56 Å². The first kappa shape index (κ1) is 17.3. The number of pyridine rings is 1. The molecule has 2 heterocycles. The maximum atomic E-state index is 12.5. The van der Waals surface area contributed by atoms with Crippen LogP contribution in [0.4, 0.5) is 0 Å². The molecule has 0 bridgehead atoms. The minimum atomic E-state index is -0.700. The Morgan fingerprint density at radius 2 is 1.73 bits per heavy atom. The van der Waals surface area contributed by atoms with E-state index in [-0.39, 0.29) is 11.1 Å². The molecule has 0 spiro atoms. The van der Waals surface area contributed by atoms with Gasteiger partial charge in [-0.15, -0.1) is 0 Å². The van der Waals surface area contributed by atoms with Gasteiger partial charge in [-0.1, -0.05) is 35.5 Å². The molecule has 1 aromatic carbocycles. The standard InChI is InChI=1S/C19H16N2O5/c1-11-9-14(26-21-11)16-15(19(23)25-3)13(18(22)24-2)10-20-17(16)12-7-5-4-6-8-12/h4-10H,1-3H3. The van der Waals surface area contributed by atoms with Crippen molar-refractivity contribution in [2.24, 2.45) is 0 Å². The number of hydrogen-bond donors (Lipinski definition) is 0. The summed E-state index contributed by atoms with van der Waals surface area (Å²) in [6.07, 6.45) is 1.30. The molecule has 0 atom stereocenters. The fourth-order valence-corrected chi connectivity index (χ4v) is 2.63. The number of carbonyl (C=O) groups excluding carboxylic acids is 2. The Kier molecular flexibility index (Phi) is 4.79. The molecule has 7 nitrogen and oxygen atoms in total. The number of aromatic nitrogens is 2. The fraction of sp³-hybridized carbons (Fsp3) is 0.158. The first-order valence-electron chi connectivity index (χ1n) is 7.75. The lowest BCUT2D eigenvalue weighted by Crippen LogP contribution is -2.15. The van der Waals surface area contributed by atoms with Gasteiger partial charge < -0.3 is 14.0 Å². The minimum absolute atomic E-state index is 0.0110. The molecule has 0 saturated carbocycles. The number of hydrogen-bond acceptors (Lipinski definition) is 7. The van der Waals surface area contributed by atoms with E-state index in [2.05, 4.69) is 10.1 Å². The van der Waals surface area contributed by atoms with E-state index in [1.807, 2.05) is 30.3 Å². The van der Waals surface area contributed by atoms with Gasteiger partial charge in [0.2, 0.25) is 0 Å². The monoisotopic (exact) mass is 352 g/mol. The van der Waals surface area contributed by atoms with Gasteiger partial charge in [-0.3, -0.25) is 4.98 Å². The number of ether oxygens (including phenoxy) is 2. The lowest BCUT2D eigenvalue weighted by atomic mass is 9.95. The zero-order chi connectivity index (χ0) is 18.7. The van der Waals surface area contributed by atoms with Gasteiger partial charge in [0.25, 0.3) is 0 Å². The predicted molar refractivity (Wildman–Crippen MR) is 92.6 cm³/mol. The quantitative estimate of drug-likeness (QED) is 0.665. The van der Waals surface area contributed by atoms with Crippen molar-refractivity contribution in [3.63, 3.8) is 0 Å². The number of aryl methyl sites for hydroxylation is 1. The van der Waals surface area contributed by atoms with Gasteiger partial charge in [0.1, 0.15) is 0 Å². The average molecular weight is 352 g/mol. The molecule has 132 valence electrons. The number of methoxy groups -OCH3 is 2. The summed E-state index contributed by atoms with van der Waals surface area (Å²) in [6.45, 7) is 1.75. The molecule has 3 rings (SSSR count). The Labute approximate surface area is 149 Å². The third-order valence-electron chi connectivity index (χ3n) is 3.80. The van der Waals surface area contributed by atoms with Crippen LogP contribution in [0.15, 0.2) is 47.1 Å². The number of carbonyl (C=O) groups is 2. The van der Waals surface area contributed by atoms with Crippen LogP contribution < -0.4 is 0 Å². The number of nitrogens with zero attached hydrogens (tertiary/aromatic N) is 2. The Bertz CT molecular complexity index is 963.